The molecule has 3 rings (SSSR count). The van der Waals surface area contributed by atoms with Crippen molar-refractivity contribution in [1.82, 2.24) is 14.5 Å². The van der Waals surface area contributed by atoms with Gasteiger partial charge in [-0.2, -0.15) is 0 Å². The van der Waals surface area contributed by atoms with Crippen molar-refractivity contribution in [3.05, 3.63) is 66.1 Å². The molecule has 0 atom stereocenters. The number of hydrogen-bond donors (Lipinski definition) is 0. The van der Waals surface area contributed by atoms with Crippen LogP contribution in [0.4, 0.5) is 0 Å². The van der Waals surface area contributed by atoms with Gasteiger partial charge in [-0.15, -0.1) is 0 Å². The Kier molecular flexibility index (Phi) is 2.82. The van der Waals surface area contributed by atoms with Gasteiger partial charge >= 0.3 is 0 Å². The highest BCUT2D eigenvalue weighted by molar-refractivity contribution is 6.30. The quantitative estimate of drug-likeness (QED) is 0.701. The molecule has 0 saturated carbocycles. The van der Waals surface area contributed by atoms with Crippen LogP contribution in [0.15, 0.2) is 61.1 Å². The van der Waals surface area contributed by atoms with Crippen molar-refractivity contribution in [3.63, 3.8) is 0 Å². The van der Waals surface area contributed by atoms with E-state index in [0.29, 0.717) is 5.02 Å². The molecule has 3 aromatic rings. The zero-order valence-electron chi connectivity index (χ0n) is 9.49. The molecule has 0 saturated heterocycles. The minimum absolute atomic E-state index is 0.625. The Morgan fingerprint density at radius 2 is 1.78 bits per heavy atom. The molecule has 4 heteroatoms. The zero-order valence-corrected chi connectivity index (χ0v) is 10.2. The van der Waals surface area contributed by atoms with Crippen LogP contribution in [0.3, 0.4) is 0 Å². The van der Waals surface area contributed by atoms with Gasteiger partial charge in [-0.3, -0.25) is 4.57 Å². The van der Waals surface area contributed by atoms with E-state index in [1.54, 1.807) is 12.4 Å². The van der Waals surface area contributed by atoms with Gasteiger partial charge in [0.05, 0.1) is 5.02 Å². The van der Waals surface area contributed by atoms with Crippen LogP contribution in [0.2, 0.25) is 5.02 Å². The Morgan fingerprint density at radius 1 is 0.944 bits per heavy atom. The molecule has 18 heavy (non-hydrogen) atoms. The van der Waals surface area contributed by atoms with Gasteiger partial charge in [0.1, 0.15) is 11.6 Å². The van der Waals surface area contributed by atoms with Crippen LogP contribution in [-0.2, 0) is 0 Å². The van der Waals surface area contributed by atoms with E-state index >= 15 is 0 Å². The first-order chi connectivity index (χ1) is 8.84. The molecule has 88 valence electrons. The Bertz CT molecular complexity index is 644. The van der Waals surface area contributed by atoms with Crippen LogP contribution in [-0.4, -0.2) is 14.5 Å². The molecule has 0 fully saturated rings. The van der Waals surface area contributed by atoms with Crippen LogP contribution in [0, 0.1) is 0 Å². The summed E-state index contributed by atoms with van der Waals surface area (Å²) >= 11 is 5.84. The minimum atomic E-state index is 0.625. The molecule has 0 aliphatic heterocycles. The zero-order chi connectivity index (χ0) is 12.4. The maximum absolute atomic E-state index is 5.84. The maximum Gasteiger partial charge on any atom is 0.145 e. The number of pyridine rings is 1. The Morgan fingerprint density at radius 3 is 2.50 bits per heavy atom. The molecular weight excluding hydrogens is 246 g/mol. The number of aromatic nitrogens is 3. The van der Waals surface area contributed by atoms with Gasteiger partial charge in [-0.1, -0.05) is 41.9 Å². The van der Waals surface area contributed by atoms with Crippen molar-refractivity contribution in [1.29, 1.82) is 0 Å². The Labute approximate surface area is 110 Å². The average molecular weight is 256 g/mol. The maximum atomic E-state index is 5.84. The standard InChI is InChI=1S/C14H10ClN3/c15-12-6-7-13(17-10-12)18-9-8-16-14(18)11-4-2-1-3-5-11/h1-10H. The molecule has 0 amide bonds. The molecule has 0 bridgehead atoms. The molecule has 0 aliphatic rings. The van der Waals surface area contributed by atoms with E-state index in [1.807, 2.05) is 53.2 Å². The molecule has 0 spiro atoms. The van der Waals surface area contributed by atoms with Crippen LogP contribution < -0.4 is 0 Å². The fourth-order valence-electron chi connectivity index (χ4n) is 1.80. The summed E-state index contributed by atoms with van der Waals surface area (Å²) in [6.07, 6.45) is 5.28. The third-order valence-corrected chi connectivity index (χ3v) is 2.85. The van der Waals surface area contributed by atoms with Gasteiger partial charge in [0.2, 0.25) is 0 Å². The van der Waals surface area contributed by atoms with E-state index in [-0.39, 0.29) is 0 Å². The molecule has 3 nitrogen and oxygen atoms in total. The Balaban J connectivity index is 2.10. The normalized spacial score (nSPS) is 10.5. The molecule has 0 aliphatic carbocycles. The molecule has 0 unspecified atom stereocenters. The van der Waals surface area contributed by atoms with Gasteiger partial charge in [0.25, 0.3) is 0 Å². The van der Waals surface area contributed by atoms with Gasteiger partial charge in [-0.05, 0) is 12.1 Å². The lowest BCUT2D eigenvalue weighted by Gasteiger charge is -2.06. The van der Waals surface area contributed by atoms with Crippen LogP contribution >= 0.6 is 11.6 Å². The monoisotopic (exact) mass is 255 g/mol. The second-order valence-electron chi connectivity index (χ2n) is 3.82. The summed E-state index contributed by atoms with van der Waals surface area (Å²) in [5, 5.41) is 0.625. The summed E-state index contributed by atoms with van der Waals surface area (Å²) in [5.74, 6) is 1.67. The van der Waals surface area contributed by atoms with Crippen molar-refractivity contribution in [2.24, 2.45) is 0 Å². The van der Waals surface area contributed by atoms with E-state index in [0.717, 1.165) is 17.2 Å². The number of rotatable bonds is 2. The molecule has 0 radical (unpaired) electrons. The molecule has 0 N–H and O–H groups in total. The predicted molar refractivity (Wildman–Crippen MR) is 71.8 cm³/mol. The fraction of sp³-hybridized carbons (Fsp3) is 0. The summed E-state index contributed by atoms with van der Waals surface area (Å²) in [7, 11) is 0. The smallest absolute Gasteiger partial charge is 0.145 e. The van der Waals surface area contributed by atoms with E-state index < -0.39 is 0 Å². The summed E-state index contributed by atoms with van der Waals surface area (Å²) in [6, 6.07) is 13.7. The van der Waals surface area contributed by atoms with Crippen molar-refractivity contribution in [3.8, 4) is 17.2 Å². The number of hydrogen-bond acceptors (Lipinski definition) is 2. The largest absolute Gasteiger partial charge is 0.284 e. The summed E-state index contributed by atoms with van der Waals surface area (Å²) in [4.78, 5) is 8.67. The average Bonchev–Trinajstić information content (AvgIpc) is 2.90. The third kappa shape index (κ3) is 2.00. The highest BCUT2D eigenvalue weighted by Gasteiger charge is 2.07. The van der Waals surface area contributed by atoms with E-state index in [2.05, 4.69) is 9.97 Å². The molecule has 2 aromatic heterocycles. The van der Waals surface area contributed by atoms with Gasteiger partial charge in [-0.25, -0.2) is 9.97 Å². The van der Waals surface area contributed by atoms with Crippen molar-refractivity contribution >= 4 is 11.6 Å². The highest BCUT2D eigenvalue weighted by Crippen LogP contribution is 2.20. The molecular formula is C14H10ClN3. The lowest BCUT2D eigenvalue weighted by atomic mass is 10.2. The van der Waals surface area contributed by atoms with Gasteiger partial charge < -0.3 is 0 Å². The van der Waals surface area contributed by atoms with Gasteiger partial charge in [0, 0.05) is 24.2 Å². The number of imidazole rings is 1. The first-order valence-electron chi connectivity index (χ1n) is 5.55. The van der Waals surface area contributed by atoms with Crippen LogP contribution in [0.1, 0.15) is 0 Å². The summed E-state index contributed by atoms with van der Waals surface area (Å²) in [6.45, 7) is 0. The number of benzene rings is 1. The van der Waals surface area contributed by atoms with Crippen LogP contribution in [0.25, 0.3) is 17.2 Å². The second kappa shape index (κ2) is 4.63. The first kappa shape index (κ1) is 11.0. The first-order valence-corrected chi connectivity index (χ1v) is 5.93. The van der Waals surface area contributed by atoms with Crippen molar-refractivity contribution in [2.75, 3.05) is 0 Å². The lowest BCUT2D eigenvalue weighted by Crippen LogP contribution is -1.98. The molecule has 1 aromatic carbocycles. The van der Waals surface area contributed by atoms with Crippen LogP contribution in [0.5, 0.6) is 0 Å². The van der Waals surface area contributed by atoms with E-state index in [1.165, 1.54) is 0 Å². The summed E-state index contributed by atoms with van der Waals surface area (Å²) < 4.78 is 1.94. The minimum Gasteiger partial charge on any atom is -0.284 e. The fourth-order valence-corrected chi connectivity index (χ4v) is 1.91. The number of halogens is 1. The van der Waals surface area contributed by atoms with E-state index in [4.69, 9.17) is 11.6 Å². The number of nitrogens with zero attached hydrogens (tertiary/aromatic N) is 3. The van der Waals surface area contributed by atoms with Crippen molar-refractivity contribution < 1.29 is 0 Å². The van der Waals surface area contributed by atoms with Gasteiger partial charge in [0.15, 0.2) is 0 Å². The predicted octanol–water partition coefficient (Wildman–Crippen LogP) is 3.59. The van der Waals surface area contributed by atoms with Crippen molar-refractivity contribution in [2.45, 2.75) is 0 Å². The second-order valence-corrected chi connectivity index (χ2v) is 4.26. The summed E-state index contributed by atoms with van der Waals surface area (Å²) in [5.41, 5.74) is 1.05. The Hall–Kier alpha value is -2.13. The highest BCUT2D eigenvalue weighted by atomic mass is 35.5. The topological polar surface area (TPSA) is 30.7 Å². The lowest BCUT2D eigenvalue weighted by molar-refractivity contribution is 1.00. The SMILES string of the molecule is Clc1ccc(-n2ccnc2-c2ccccc2)nc1. The van der Waals surface area contributed by atoms with E-state index in [9.17, 15) is 0 Å². The third-order valence-electron chi connectivity index (χ3n) is 2.63. The molecule has 2 heterocycles.